The topological polar surface area (TPSA) is 110 Å². The molecule has 0 unspecified atom stereocenters. The smallest absolute Gasteiger partial charge is 0.267 e. The van der Waals surface area contributed by atoms with Crippen LogP contribution < -0.4 is 15.2 Å². The molecular weight excluding hydrogens is 287 g/mol. The van der Waals surface area contributed by atoms with E-state index in [2.05, 4.69) is 14.9 Å². The van der Waals surface area contributed by atoms with E-state index in [0.717, 1.165) is 12.3 Å². The standard InChI is InChI=1S/C11H13FN4O3S/c1-2-19-9-4-3-7(5-8(9)12)16-20(17,18)10-6-14-15-11(10)13/h3-6,16H,2H2,1H3,(H3,13,14,15). The van der Waals surface area contributed by atoms with Gasteiger partial charge in [0.15, 0.2) is 11.6 Å². The third-order valence-electron chi connectivity index (χ3n) is 2.41. The van der Waals surface area contributed by atoms with Crippen LogP contribution in [0.5, 0.6) is 5.75 Å². The number of halogens is 1. The molecule has 108 valence electrons. The summed E-state index contributed by atoms with van der Waals surface area (Å²) in [6, 6.07) is 3.76. The van der Waals surface area contributed by atoms with Gasteiger partial charge in [-0.3, -0.25) is 9.82 Å². The fourth-order valence-electron chi connectivity index (χ4n) is 1.55. The van der Waals surface area contributed by atoms with Crippen LogP contribution in [0.4, 0.5) is 15.9 Å². The van der Waals surface area contributed by atoms with Crippen molar-refractivity contribution in [2.75, 3.05) is 17.1 Å². The summed E-state index contributed by atoms with van der Waals surface area (Å²) in [6.45, 7) is 2.03. The van der Waals surface area contributed by atoms with Crippen LogP contribution in [-0.2, 0) is 10.0 Å². The summed E-state index contributed by atoms with van der Waals surface area (Å²) in [4.78, 5) is -0.202. The average Bonchev–Trinajstić information content (AvgIpc) is 2.79. The first-order valence-corrected chi connectivity index (χ1v) is 7.16. The SMILES string of the molecule is CCOc1ccc(NS(=O)(=O)c2cn[nH]c2N)cc1F. The van der Waals surface area contributed by atoms with Crippen LogP contribution in [0.2, 0.25) is 0 Å². The summed E-state index contributed by atoms with van der Waals surface area (Å²) in [5, 5.41) is 5.83. The molecule has 4 N–H and O–H groups in total. The molecule has 20 heavy (non-hydrogen) atoms. The molecule has 0 atom stereocenters. The molecule has 0 saturated carbocycles. The number of rotatable bonds is 5. The highest BCUT2D eigenvalue weighted by Gasteiger charge is 2.20. The van der Waals surface area contributed by atoms with Crippen molar-refractivity contribution < 1.29 is 17.5 Å². The summed E-state index contributed by atoms with van der Waals surface area (Å²) in [7, 11) is -3.92. The lowest BCUT2D eigenvalue weighted by Crippen LogP contribution is -2.14. The van der Waals surface area contributed by atoms with Crippen molar-refractivity contribution in [3.63, 3.8) is 0 Å². The Balaban J connectivity index is 2.26. The number of anilines is 2. The number of aromatic amines is 1. The van der Waals surface area contributed by atoms with Gasteiger partial charge in [-0.15, -0.1) is 0 Å². The van der Waals surface area contributed by atoms with Gasteiger partial charge in [-0.1, -0.05) is 0 Å². The Kier molecular flexibility index (Phi) is 3.79. The Morgan fingerprint density at radius 2 is 2.25 bits per heavy atom. The molecule has 0 radical (unpaired) electrons. The van der Waals surface area contributed by atoms with E-state index in [0.29, 0.717) is 6.61 Å². The Labute approximate surface area is 115 Å². The number of ether oxygens (including phenoxy) is 1. The number of hydrogen-bond acceptors (Lipinski definition) is 5. The summed E-state index contributed by atoms with van der Waals surface area (Å²) < 4.78 is 44.9. The molecule has 0 aliphatic heterocycles. The minimum Gasteiger partial charge on any atom is -0.491 e. The molecule has 7 nitrogen and oxygen atoms in total. The number of nitrogens with two attached hydrogens (primary N) is 1. The maximum Gasteiger partial charge on any atom is 0.267 e. The van der Waals surface area contributed by atoms with Crippen molar-refractivity contribution >= 4 is 21.5 Å². The van der Waals surface area contributed by atoms with Crippen molar-refractivity contribution in [3.8, 4) is 5.75 Å². The predicted octanol–water partition coefficient (Wildman–Crippen LogP) is 1.33. The van der Waals surface area contributed by atoms with Crippen molar-refractivity contribution in [2.45, 2.75) is 11.8 Å². The van der Waals surface area contributed by atoms with Gasteiger partial charge in [0.05, 0.1) is 18.5 Å². The van der Waals surface area contributed by atoms with Crippen molar-refractivity contribution in [3.05, 3.63) is 30.2 Å². The second kappa shape index (κ2) is 5.37. The Hall–Kier alpha value is -2.29. The first kappa shape index (κ1) is 14.1. The summed E-state index contributed by atoms with van der Waals surface area (Å²) in [5.41, 5.74) is 5.50. The molecule has 0 aliphatic rings. The molecule has 2 aromatic rings. The molecule has 0 fully saturated rings. The van der Waals surface area contributed by atoms with Crippen LogP contribution in [0, 0.1) is 5.82 Å². The zero-order chi connectivity index (χ0) is 14.8. The van der Waals surface area contributed by atoms with E-state index in [-0.39, 0.29) is 22.2 Å². The summed E-state index contributed by atoms with van der Waals surface area (Å²) in [5.74, 6) is -0.700. The molecule has 0 bridgehead atoms. The third kappa shape index (κ3) is 2.82. The van der Waals surface area contributed by atoms with Crippen LogP contribution in [0.1, 0.15) is 6.92 Å². The summed E-state index contributed by atoms with van der Waals surface area (Å²) >= 11 is 0. The molecule has 9 heteroatoms. The van der Waals surface area contributed by atoms with Gasteiger partial charge in [0.25, 0.3) is 10.0 Å². The number of hydrogen-bond donors (Lipinski definition) is 3. The lowest BCUT2D eigenvalue weighted by atomic mass is 10.3. The molecule has 2 rings (SSSR count). The Morgan fingerprint density at radius 1 is 1.50 bits per heavy atom. The number of nitrogen functional groups attached to an aromatic ring is 1. The normalized spacial score (nSPS) is 11.3. The largest absolute Gasteiger partial charge is 0.491 e. The van der Waals surface area contributed by atoms with Crippen molar-refractivity contribution in [1.29, 1.82) is 0 Å². The fourth-order valence-corrected chi connectivity index (χ4v) is 2.62. The van der Waals surface area contributed by atoms with Gasteiger partial charge in [-0.05, 0) is 19.1 Å². The highest BCUT2D eigenvalue weighted by Crippen LogP contribution is 2.24. The molecule has 0 aliphatic carbocycles. The van der Waals surface area contributed by atoms with E-state index in [1.807, 2.05) is 0 Å². The molecule has 0 amide bonds. The van der Waals surface area contributed by atoms with Gasteiger partial charge in [-0.25, -0.2) is 12.8 Å². The van der Waals surface area contributed by atoms with Crippen LogP contribution in [0.25, 0.3) is 0 Å². The fraction of sp³-hybridized carbons (Fsp3) is 0.182. The molecule has 0 spiro atoms. The van der Waals surface area contributed by atoms with Crippen LogP contribution in [0.3, 0.4) is 0 Å². The monoisotopic (exact) mass is 300 g/mol. The van der Waals surface area contributed by atoms with E-state index in [4.69, 9.17) is 10.5 Å². The van der Waals surface area contributed by atoms with E-state index in [1.54, 1.807) is 6.92 Å². The molecule has 0 saturated heterocycles. The van der Waals surface area contributed by atoms with E-state index < -0.39 is 15.8 Å². The highest BCUT2D eigenvalue weighted by molar-refractivity contribution is 7.92. The van der Waals surface area contributed by atoms with Gasteiger partial charge in [0, 0.05) is 6.07 Å². The van der Waals surface area contributed by atoms with Gasteiger partial charge < -0.3 is 10.5 Å². The van der Waals surface area contributed by atoms with Gasteiger partial charge in [0.2, 0.25) is 0 Å². The van der Waals surface area contributed by atoms with E-state index >= 15 is 0 Å². The number of benzene rings is 1. The molecule has 1 aromatic heterocycles. The lowest BCUT2D eigenvalue weighted by molar-refractivity contribution is 0.321. The molecule has 1 aromatic carbocycles. The van der Waals surface area contributed by atoms with Crippen LogP contribution in [0.15, 0.2) is 29.3 Å². The maximum atomic E-state index is 13.6. The number of nitrogens with one attached hydrogen (secondary N) is 2. The van der Waals surface area contributed by atoms with Crippen molar-refractivity contribution in [1.82, 2.24) is 10.2 Å². The van der Waals surface area contributed by atoms with E-state index in [9.17, 15) is 12.8 Å². The highest BCUT2D eigenvalue weighted by atomic mass is 32.2. The first-order valence-electron chi connectivity index (χ1n) is 5.68. The zero-order valence-electron chi connectivity index (χ0n) is 10.6. The van der Waals surface area contributed by atoms with E-state index in [1.165, 1.54) is 12.1 Å². The molecule has 1 heterocycles. The van der Waals surface area contributed by atoms with Gasteiger partial charge in [0.1, 0.15) is 10.7 Å². The molecular formula is C11H13FN4O3S. The number of H-pyrrole nitrogens is 1. The van der Waals surface area contributed by atoms with Gasteiger partial charge >= 0.3 is 0 Å². The number of sulfonamides is 1. The average molecular weight is 300 g/mol. The Morgan fingerprint density at radius 3 is 2.80 bits per heavy atom. The maximum absolute atomic E-state index is 13.6. The lowest BCUT2D eigenvalue weighted by Gasteiger charge is -2.09. The zero-order valence-corrected chi connectivity index (χ0v) is 11.4. The second-order valence-electron chi connectivity index (χ2n) is 3.83. The Bertz CT molecular complexity index is 714. The number of nitrogens with zero attached hydrogens (tertiary/aromatic N) is 1. The summed E-state index contributed by atoms with van der Waals surface area (Å²) in [6.07, 6.45) is 1.07. The van der Waals surface area contributed by atoms with Crippen LogP contribution in [-0.4, -0.2) is 25.2 Å². The minimum atomic E-state index is -3.92. The third-order valence-corrected chi connectivity index (χ3v) is 3.81. The van der Waals surface area contributed by atoms with Crippen molar-refractivity contribution in [2.24, 2.45) is 0 Å². The predicted molar refractivity (Wildman–Crippen MR) is 71.4 cm³/mol. The van der Waals surface area contributed by atoms with Crippen LogP contribution >= 0.6 is 0 Å². The van der Waals surface area contributed by atoms with Gasteiger partial charge in [-0.2, -0.15) is 5.10 Å². The quantitative estimate of drug-likeness (QED) is 0.771. The number of aromatic nitrogens is 2. The first-order chi connectivity index (χ1) is 9.44. The second-order valence-corrected chi connectivity index (χ2v) is 5.48. The minimum absolute atomic E-state index is 0.0540.